The van der Waals surface area contributed by atoms with Crippen LogP contribution in [0, 0.1) is 0 Å². The lowest BCUT2D eigenvalue weighted by Crippen LogP contribution is -2.37. The van der Waals surface area contributed by atoms with Crippen molar-refractivity contribution in [1.29, 1.82) is 0 Å². The number of rotatable bonds is 6. The molecule has 0 saturated heterocycles. The van der Waals surface area contributed by atoms with Crippen molar-refractivity contribution in [3.63, 3.8) is 0 Å². The van der Waals surface area contributed by atoms with Gasteiger partial charge in [-0.2, -0.15) is 0 Å². The predicted molar refractivity (Wildman–Crippen MR) is 113 cm³/mol. The molecular weight excluding hydrogens is 395 g/mol. The number of hydrogen-bond acceptors (Lipinski definition) is 2. The molecule has 0 aliphatic heterocycles. The summed E-state index contributed by atoms with van der Waals surface area (Å²) in [5.41, 5.74) is 2.06. The summed E-state index contributed by atoms with van der Waals surface area (Å²) in [6.07, 6.45) is 0.0822. The molecule has 0 aliphatic rings. The largest absolute Gasteiger partial charge is 0.340 e. The highest BCUT2D eigenvalue weighted by atomic mass is 35.5. The number of carbonyl (C=O) groups is 2. The molecule has 4 nitrogen and oxygen atoms in total. The highest BCUT2D eigenvalue weighted by Crippen LogP contribution is 2.23. The van der Waals surface area contributed by atoms with Crippen LogP contribution in [0.2, 0.25) is 10.0 Å². The Balaban J connectivity index is 1.76. The fourth-order valence-corrected chi connectivity index (χ4v) is 3.05. The zero-order chi connectivity index (χ0) is 19.9. The van der Waals surface area contributed by atoms with Crippen molar-refractivity contribution in [2.24, 2.45) is 0 Å². The summed E-state index contributed by atoms with van der Waals surface area (Å²) in [5, 5.41) is 6.45. The first kappa shape index (κ1) is 19.9. The molecular formula is C22H18Cl2N2O2. The molecule has 1 atom stereocenters. The van der Waals surface area contributed by atoms with Gasteiger partial charge in [-0.3, -0.25) is 9.59 Å². The molecule has 1 unspecified atom stereocenters. The lowest BCUT2D eigenvalue weighted by Gasteiger charge is -2.19. The molecule has 0 aromatic heterocycles. The van der Waals surface area contributed by atoms with Crippen LogP contribution in [-0.2, 0) is 16.0 Å². The smallest absolute Gasteiger partial charge is 0.251 e. The first-order chi connectivity index (χ1) is 13.5. The number of para-hydroxylation sites is 1. The van der Waals surface area contributed by atoms with E-state index in [1.165, 1.54) is 0 Å². The number of hydrogen-bond donors (Lipinski definition) is 2. The average molecular weight is 413 g/mol. The van der Waals surface area contributed by atoms with Gasteiger partial charge in [0.05, 0.1) is 16.5 Å². The topological polar surface area (TPSA) is 58.2 Å². The van der Waals surface area contributed by atoms with Crippen molar-refractivity contribution in [2.75, 3.05) is 5.32 Å². The first-order valence-electron chi connectivity index (χ1n) is 8.67. The van der Waals surface area contributed by atoms with E-state index in [1.54, 1.807) is 42.5 Å². The highest BCUT2D eigenvalue weighted by molar-refractivity contribution is 6.42. The molecule has 3 aromatic rings. The third-order valence-corrected chi connectivity index (χ3v) is 4.83. The Bertz CT molecular complexity index is 963. The quantitative estimate of drug-likeness (QED) is 0.596. The highest BCUT2D eigenvalue weighted by Gasteiger charge is 2.23. The van der Waals surface area contributed by atoms with Crippen LogP contribution in [-0.4, -0.2) is 11.8 Å². The molecule has 3 aromatic carbocycles. The van der Waals surface area contributed by atoms with E-state index in [4.69, 9.17) is 23.2 Å². The van der Waals surface area contributed by atoms with Crippen LogP contribution in [0.5, 0.6) is 0 Å². The fraction of sp³-hybridized carbons (Fsp3) is 0.0909. The van der Waals surface area contributed by atoms with Crippen LogP contribution in [0.3, 0.4) is 0 Å². The molecule has 28 heavy (non-hydrogen) atoms. The number of anilines is 1. The molecule has 0 spiro atoms. The van der Waals surface area contributed by atoms with Gasteiger partial charge < -0.3 is 10.6 Å². The zero-order valence-corrected chi connectivity index (χ0v) is 16.4. The first-order valence-corrected chi connectivity index (χ1v) is 9.42. The zero-order valence-electron chi connectivity index (χ0n) is 14.9. The molecule has 2 N–H and O–H groups in total. The lowest BCUT2D eigenvalue weighted by molar-refractivity contribution is -0.126. The average Bonchev–Trinajstić information content (AvgIpc) is 2.70. The summed E-state index contributed by atoms with van der Waals surface area (Å²) in [6.45, 7) is 0. The van der Waals surface area contributed by atoms with Crippen molar-refractivity contribution >= 4 is 40.7 Å². The van der Waals surface area contributed by atoms with Crippen LogP contribution < -0.4 is 10.6 Å². The number of halogens is 2. The van der Waals surface area contributed by atoms with E-state index < -0.39 is 6.04 Å². The van der Waals surface area contributed by atoms with E-state index in [1.807, 2.05) is 36.4 Å². The summed E-state index contributed by atoms with van der Waals surface area (Å²) in [5.74, 6) is -0.615. The standard InChI is InChI=1S/C22H18Cl2N2O2/c23-18-12-11-15(13-19(18)24)14-20(27)26-21(16-7-3-1-4-8-16)22(28)25-17-9-5-2-6-10-17/h1-13,21H,14H2,(H,25,28)(H,26,27). The summed E-state index contributed by atoms with van der Waals surface area (Å²) >= 11 is 11.9. The van der Waals surface area contributed by atoms with Crippen LogP contribution in [0.1, 0.15) is 17.2 Å². The number of amides is 2. The van der Waals surface area contributed by atoms with Gasteiger partial charge >= 0.3 is 0 Å². The van der Waals surface area contributed by atoms with Crippen LogP contribution in [0.15, 0.2) is 78.9 Å². The Kier molecular flexibility index (Phi) is 6.69. The molecule has 3 rings (SSSR count). The molecule has 0 saturated carbocycles. The number of nitrogens with one attached hydrogen (secondary N) is 2. The Morgan fingerprint density at radius 3 is 2.11 bits per heavy atom. The number of benzene rings is 3. The molecule has 0 radical (unpaired) electrons. The normalized spacial score (nSPS) is 11.5. The van der Waals surface area contributed by atoms with Crippen molar-refractivity contribution < 1.29 is 9.59 Å². The maximum absolute atomic E-state index is 12.8. The molecule has 0 aliphatic carbocycles. The molecule has 6 heteroatoms. The van der Waals surface area contributed by atoms with E-state index in [-0.39, 0.29) is 18.2 Å². The summed E-state index contributed by atoms with van der Waals surface area (Å²) in [4.78, 5) is 25.4. The summed E-state index contributed by atoms with van der Waals surface area (Å²) < 4.78 is 0. The maximum atomic E-state index is 12.8. The van der Waals surface area contributed by atoms with Gasteiger partial charge in [0.1, 0.15) is 6.04 Å². The van der Waals surface area contributed by atoms with Gasteiger partial charge in [-0.05, 0) is 35.4 Å². The minimum Gasteiger partial charge on any atom is -0.340 e. The van der Waals surface area contributed by atoms with Gasteiger partial charge in [-0.25, -0.2) is 0 Å². The van der Waals surface area contributed by atoms with E-state index in [0.717, 1.165) is 0 Å². The Hall–Kier alpha value is -2.82. The summed E-state index contributed by atoms with van der Waals surface area (Å²) in [6, 6.07) is 22.4. The van der Waals surface area contributed by atoms with Gasteiger partial charge in [0.15, 0.2) is 0 Å². The fourth-order valence-electron chi connectivity index (χ4n) is 2.73. The molecule has 0 fully saturated rings. The van der Waals surface area contributed by atoms with Gasteiger partial charge in [0.25, 0.3) is 5.91 Å². The second-order valence-corrected chi connectivity index (χ2v) is 7.01. The Morgan fingerprint density at radius 2 is 1.46 bits per heavy atom. The van der Waals surface area contributed by atoms with Crippen LogP contribution in [0.25, 0.3) is 0 Å². The SMILES string of the molecule is O=C(Cc1ccc(Cl)c(Cl)c1)NC(C(=O)Nc1ccccc1)c1ccccc1. The van der Waals surface area contributed by atoms with Crippen molar-refractivity contribution in [3.05, 3.63) is 100 Å². The lowest BCUT2D eigenvalue weighted by atomic mass is 10.0. The van der Waals surface area contributed by atoms with Crippen molar-refractivity contribution in [3.8, 4) is 0 Å². The van der Waals surface area contributed by atoms with E-state index in [9.17, 15) is 9.59 Å². The van der Waals surface area contributed by atoms with Gasteiger partial charge in [-0.1, -0.05) is 77.8 Å². The van der Waals surface area contributed by atoms with Crippen molar-refractivity contribution in [1.82, 2.24) is 5.32 Å². The van der Waals surface area contributed by atoms with Crippen LogP contribution in [0.4, 0.5) is 5.69 Å². The van der Waals surface area contributed by atoms with Crippen LogP contribution >= 0.6 is 23.2 Å². The molecule has 142 valence electrons. The predicted octanol–water partition coefficient (Wildman–Crippen LogP) is 5.03. The Labute approximate surface area is 173 Å². The minimum atomic E-state index is -0.823. The molecule has 2 amide bonds. The van der Waals surface area contributed by atoms with Crippen molar-refractivity contribution in [2.45, 2.75) is 12.5 Å². The third-order valence-electron chi connectivity index (χ3n) is 4.09. The second-order valence-electron chi connectivity index (χ2n) is 6.19. The minimum absolute atomic E-state index is 0.0822. The summed E-state index contributed by atoms with van der Waals surface area (Å²) in [7, 11) is 0. The molecule has 0 bridgehead atoms. The van der Waals surface area contributed by atoms with Gasteiger partial charge in [0.2, 0.25) is 5.91 Å². The van der Waals surface area contributed by atoms with E-state index >= 15 is 0 Å². The monoisotopic (exact) mass is 412 g/mol. The van der Waals surface area contributed by atoms with E-state index in [2.05, 4.69) is 10.6 Å². The van der Waals surface area contributed by atoms with Gasteiger partial charge in [-0.15, -0.1) is 0 Å². The Morgan fingerprint density at radius 1 is 0.821 bits per heavy atom. The second kappa shape index (κ2) is 9.40. The van der Waals surface area contributed by atoms with E-state index in [0.29, 0.717) is 26.9 Å². The van der Waals surface area contributed by atoms with Gasteiger partial charge in [0, 0.05) is 5.69 Å². The number of carbonyl (C=O) groups excluding carboxylic acids is 2. The maximum Gasteiger partial charge on any atom is 0.251 e. The third kappa shape index (κ3) is 5.35. The molecule has 0 heterocycles.